The number of aliphatic hydroxyl groups excluding tert-OH is 1. The van der Waals surface area contributed by atoms with E-state index < -0.39 is 0 Å². The maximum Gasteiger partial charge on any atom is 0.0433 e. The number of aliphatic hydroxyl groups is 1. The van der Waals surface area contributed by atoms with Crippen LogP contribution in [0.15, 0.2) is 11.6 Å². The summed E-state index contributed by atoms with van der Waals surface area (Å²) >= 11 is 0. The molecule has 0 aromatic heterocycles. The second kappa shape index (κ2) is 4.97. The highest BCUT2D eigenvalue weighted by Gasteiger charge is 2.28. The van der Waals surface area contributed by atoms with E-state index in [9.17, 15) is 0 Å². The average Bonchev–Trinajstić information content (AvgIpc) is 2.11. The van der Waals surface area contributed by atoms with Crippen LogP contribution in [0.25, 0.3) is 0 Å². The summed E-state index contributed by atoms with van der Waals surface area (Å²) < 4.78 is 0. The van der Waals surface area contributed by atoms with E-state index in [0.717, 1.165) is 18.3 Å². The zero-order valence-electron chi connectivity index (χ0n) is 9.96. The molecule has 1 aliphatic rings. The fourth-order valence-electron chi connectivity index (χ4n) is 2.78. The average molecular weight is 196 g/mol. The van der Waals surface area contributed by atoms with Crippen molar-refractivity contribution in [2.45, 2.75) is 40.5 Å². The van der Waals surface area contributed by atoms with Crippen LogP contribution < -0.4 is 0 Å². The molecule has 0 unspecified atom stereocenters. The molecule has 14 heavy (non-hydrogen) atoms. The van der Waals surface area contributed by atoms with Crippen LogP contribution >= 0.6 is 0 Å². The van der Waals surface area contributed by atoms with Crippen molar-refractivity contribution in [2.75, 3.05) is 6.61 Å². The minimum absolute atomic E-state index is 0.335. The first-order valence-electron chi connectivity index (χ1n) is 5.85. The van der Waals surface area contributed by atoms with Crippen LogP contribution in [0.5, 0.6) is 0 Å². The van der Waals surface area contributed by atoms with Gasteiger partial charge in [0.15, 0.2) is 0 Å². The molecular weight excluding hydrogens is 172 g/mol. The third kappa shape index (κ3) is 2.60. The second-order valence-corrected chi connectivity index (χ2v) is 5.07. The van der Waals surface area contributed by atoms with Gasteiger partial charge >= 0.3 is 0 Å². The molecule has 0 saturated heterocycles. The number of hydrogen-bond donors (Lipinski definition) is 1. The Morgan fingerprint density at radius 2 is 2.14 bits per heavy atom. The molecule has 1 heteroatoms. The Morgan fingerprint density at radius 1 is 1.50 bits per heavy atom. The highest BCUT2D eigenvalue weighted by molar-refractivity contribution is 5.10. The Kier molecular flexibility index (Phi) is 4.18. The molecule has 1 N–H and O–H groups in total. The van der Waals surface area contributed by atoms with Gasteiger partial charge in [-0.25, -0.2) is 0 Å². The first-order chi connectivity index (χ1) is 6.56. The van der Waals surface area contributed by atoms with E-state index in [0.29, 0.717) is 18.4 Å². The molecule has 1 nitrogen and oxygen atoms in total. The van der Waals surface area contributed by atoms with E-state index in [1.165, 1.54) is 6.42 Å². The highest BCUT2D eigenvalue weighted by atomic mass is 16.3. The fourth-order valence-corrected chi connectivity index (χ4v) is 2.78. The SMILES string of the molecule is CC1=C[C@@H](C)C[C@@H]([C@@H](C)CCO)[C@H]1C. The lowest BCUT2D eigenvalue weighted by molar-refractivity contribution is 0.179. The van der Waals surface area contributed by atoms with Crippen molar-refractivity contribution < 1.29 is 5.11 Å². The second-order valence-electron chi connectivity index (χ2n) is 5.07. The van der Waals surface area contributed by atoms with Gasteiger partial charge < -0.3 is 5.11 Å². The monoisotopic (exact) mass is 196 g/mol. The van der Waals surface area contributed by atoms with Crippen LogP contribution in [0.4, 0.5) is 0 Å². The summed E-state index contributed by atoms with van der Waals surface area (Å²) in [5.41, 5.74) is 1.54. The summed E-state index contributed by atoms with van der Waals surface area (Å²) in [7, 11) is 0. The van der Waals surface area contributed by atoms with Gasteiger partial charge in [0.1, 0.15) is 0 Å². The molecule has 0 heterocycles. The first kappa shape index (κ1) is 11.8. The quantitative estimate of drug-likeness (QED) is 0.687. The van der Waals surface area contributed by atoms with Gasteiger partial charge in [-0.1, -0.05) is 32.4 Å². The lowest BCUT2D eigenvalue weighted by atomic mass is 9.70. The predicted molar refractivity (Wildman–Crippen MR) is 61.1 cm³/mol. The zero-order chi connectivity index (χ0) is 10.7. The standard InChI is InChI=1S/C13H24O/c1-9-7-11(3)12(4)13(8-9)10(2)5-6-14/h7,9-10,12-14H,5-6,8H2,1-4H3/t9-,10+,12+,13+/m1/s1. The largest absolute Gasteiger partial charge is 0.396 e. The molecule has 4 atom stereocenters. The Hall–Kier alpha value is -0.300. The van der Waals surface area contributed by atoms with Gasteiger partial charge in [-0.3, -0.25) is 0 Å². The van der Waals surface area contributed by atoms with Gasteiger partial charge in [0, 0.05) is 6.61 Å². The Labute approximate surface area is 88.2 Å². The predicted octanol–water partition coefficient (Wildman–Crippen LogP) is 3.24. The van der Waals surface area contributed by atoms with Crippen LogP contribution in [0.2, 0.25) is 0 Å². The minimum Gasteiger partial charge on any atom is -0.396 e. The van der Waals surface area contributed by atoms with Crippen molar-refractivity contribution in [1.82, 2.24) is 0 Å². The van der Waals surface area contributed by atoms with Crippen LogP contribution in [-0.2, 0) is 0 Å². The Bertz CT molecular complexity index is 207. The number of hydrogen-bond acceptors (Lipinski definition) is 1. The van der Waals surface area contributed by atoms with Crippen molar-refractivity contribution in [2.24, 2.45) is 23.7 Å². The summed E-state index contributed by atoms with van der Waals surface area (Å²) in [5.74, 6) is 2.84. The topological polar surface area (TPSA) is 20.2 Å². The van der Waals surface area contributed by atoms with E-state index in [2.05, 4.69) is 33.8 Å². The lowest BCUT2D eigenvalue weighted by Crippen LogP contribution is -2.27. The molecule has 82 valence electrons. The summed E-state index contributed by atoms with van der Waals surface area (Å²) in [4.78, 5) is 0. The van der Waals surface area contributed by atoms with Crippen molar-refractivity contribution in [3.8, 4) is 0 Å². The molecule has 0 bridgehead atoms. The minimum atomic E-state index is 0.335. The molecule has 1 aliphatic carbocycles. The maximum atomic E-state index is 8.97. The molecule has 0 spiro atoms. The lowest BCUT2D eigenvalue weighted by Gasteiger charge is -2.35. The molecule has 0 aliphatic heterocycles. The normalized spacial score (nSPS) is 35.2. The maximum absolute atomic E-state index is 8.97. The van der Waals surface area contributed by atoms with Crippen molar-refractivity contribution in [3.63, 3.8) is 0 Å². The molecular formula is C13H24O. The van der Waals surface area contributed by atoms with Gasteiger partial charge in [0.25, 0.3) is 0 Å². The molecule has 0 aromatic rings. The van der Waals surface area contributed by atoms with Crippen LogP contribution in [0, 0.1) is 23.7 Å². The Balaban J connectivity index is 2.66. The van der Waals surface area contributed by atoms with Crippen molar-refractivity contribution >= 4 is 0 Å². The summed E-state index contributed by atoms with van der Waals surface area (Å²) in [6.07, 6.45) is 4.65. The van der Waals surface area contributed by atoms with E-state index in [1.807, 2.05) is 0 Å². The van der Waals surface area contributed by atoms with Crippen molar-refractivity contribution in [3.05, 3.63) is 11.6 Å². The fraction of sp³-hybridized carbons (Fsp3) is 0.846. The van der Waals surface area contributed by atoms with Crippen LogP contribution in [-0.4, -0.2) is 11.7 Å². The molecule has 0 saturated carbocycles. The zero-order valence-corrected chi connectivity index (χ0v) is 9.96. The van der Waals surface area contributed by atoms with E-state index in [-0.39, 0.29) is 0 Å². The van der Waals surface area contributed by atoms with Crippen molar-refractivity contribution in [1.29, 1.82) is 0 Å². The third-order valence-electron chi connectivity index (χ3n) is 3.87. The summed E-state index contributed by atoms with van der Waals surface area (Å²) in [6, 6.07) is 0. The van der Waals surface area contributed by atoms with Gasteiger partial charge in [0.2, 0.25) is 0 Å². The van der Waals surface area contributed by atoms with Gasteiger partial charge in [-0.15, -0.1) is 0 Å². The summed E-state index contributed by atoms with van der Waals surface area (Å²) in [5, 5.41) is 8.97. The first-order valence-corrected chi connectivity index (χ1v) is 5.85. The Morgan fingerprint density at radius 3 is 2.71 bits per heavy atom. The number of allylic oxidation sites excluding steroid dienone is 2. The van der Waals surface area contributed by atoms with Gasteiger partial charge in [-0.05, 0) is 43.4 Å². The smallest absolute Gasteiger partial charge is 0.0433 e. The van der Waals surface area contributed by atoms with E-state index in [4.69, 9.17) is 5.11 Å². The van der Waals surface area contributed by atoms with Gasteiger partial charge in [-0.2, -0.15) is 0 Å². The van der Waals surface area contributed by atoms with Crippen LogP contribution in [0.3, 0.4) is 0 Å². The van der Waals surface area contributed by atoms with Gasteiger partial charge in [0.05, 0.1) is 0 Å². The van der Waals surface area contributed by atoms with E-state index >= 15 is 0 Å². The molecule has 0 radical (unpaired) electrons. The number of rotatable bonds is 3. The molecule has 1 rings (SSSR count). The van der Waals surface area contributed by atoms with E-state index in [1.54, 1.807) is 5.57 Å². The molecule has 0 amide bonds. The highest BCUT2D eigenvalue weighted by Crippen LogP contribution is 2.38. The van der Waals surface area contributed by atoms with Crippen LogP contribution in [0.1, 0.15) is 40.5 Å². The third-order valence-corrected chi connectivity index (χ3v) is 3.87. The molecule has 0 aromatic carbocycles. The summed E-state index contributed by atoms with van der Waals surface area (Å²) in [6.45, 7) is 9.49. The molecule has 0 fully saturated rings.